The van der Waals surface area contributed by atoms with E-state index in [9.17, 15) is 0 Å². The number of thiazole rings is 4. The van der Waals surface area contributed by atoms with E-state index in [0.717, 1.165) is 115 Å². The summed E-state index contributed by atoms with van der Waals surface area (Å²) in [5.41, 5.74) is 16.4. The quantitative estimate of drug-likeness (QED) is 0.0367. The fraction of sp³-hybridized carbons (Fsp3) is 0.257. The average Bonchev–Trinajstić information content (AvgIpc) is 1.94. The normalized spacial score (nSPS) is 11.4. The molecule has 13 rings (SSSR count). The lowest BCUT2D eigenvalue weighted by molar-refractivity contribution is 0.278. The van der Waals surface area contributed by atoms with Crippen LogP contribution in [0.5, 0.6) is 0 Å². The minimum Gasteiger partial charge on any atom is -0.390 e. The average molecular weight is 1380 g/mol. The first kappa shape index (κ1) is 69.2. The predicted octanol–water partition coefficient (Wildman–Crippen LogP) is 17.3. The van der Waals surface area contributed by atoms with Gasteiger partial charge < -0.3 is 36.6 Å². The minimum absolute atomic E-state index is 0.0603. The third-order valence-electron chi connectivity index (χ3n) is 14.5. The predicted molar refractivity (Wildman–Crippen MR) is 392 cm³/mol. The molecule has 0 amide bonds. The molecule has 6 N–H and O–H groups in total. The molecule has 1 aliphatic rings. The molecule has 0 saturated carbocycles. The second kappa shape index (κ2) is 34.2. The maximum atomic E-state index is 9.10. The first-order valence-electron chi connectivity index (χ1n) is 31.0. The lowest BCUT2D eigenvalue weighted by Crippen LogP contribution is -2.27. The minimum atomic E-state index is -0.0603. The summed E-state index contributed by atoms with van der Waals surface area (Å²) in [4.78, 5) is 57.8. The van der Waals surface area contributed by atoms with Crippen molar-refractivity contribution in [2.75, 3.05) is 47.4 Å². The number of fused-ring (bicyclic) bond motifs is 1. The molecule has 4 aromatic carbocycles. The molecule has 95 heavy (non-hydrogen) atoms. The van der Waals surface area contributed by atoms with Gasteiger partial charge in [-0.2, -0.15) is 0 Å². The number of anilines is 8. The van der Waals surface area contributed by atoms with Crippen LogP contribution in [0.1, 0.15) is 81.2 Å². The van der Waals surface area contributed by atoms with Gasteiger partial charge in [0, 0.05) is 97.0 Å². The summed E-state index contributed by atoms with van der Waals surface area (Å²) in [6, 6.07) is 31.7. The van der Waals surface area contributed by atoms with Crippen LogP contribution in [0.2, 0.25) is 10.0 Å². The Bertz CT molecular complexity index is 4420. The topological polar surface area (TPSA) is 238 Å². The summed E-state index contributed by atoms with van der Waals surface area (Å²) in [5.74, 6) is 2.20. The van der Waals surface area contributed by atoms with Gasteiger partial charge in [-0.05, 0) is 206 Å². The Morgan fingerprint density at radius 2 is 0.895 bits per heavy atom. The Hall–Kier alpha value is -8.62. The van der Waals surface area contributed by atoms with Gasteiger partial charge in [0.25, 0.3) is 0 Å². The van der Waals surface area contributed by atoms with Crippen LogP contribution in [0.4, 0.5) is 46.5 Å². The van der Waals surface area contributed by atoms with E-state index in [2.05, 4.69) is 188 Å². The standard InChI is InChI=1S/C23H32N6S.C17H16N4S.C16H16N4OS.C14H10Cl2N4S/c1-5-29(6-2)11-7-9-24-15-20-16-30-22(26-20)21-8-10-25-23(28-21)27-19-13-17(3)12-18(4)14-19;1-11-10-19-16(22-11)15-7-8-18-17(21-15)20-14-6-5-12-3-2-4-13(12)9-14;1-10-5-11(2)7-12(6-10)19-16-17-4-3-14(20-16)15-18-13(8-21)9-22-15;1-8-7-18-13(21-8)12-2-3-17-14(20-12)19-11-5-9(15)4-10(16)6-11/h8,10,12-14,16,24H,5-7,9,11,15H2,1-4H3,(H,25,27,28);5-10H,2-4H2,1H3,(H,18,20,21);3-7,9,21H,8H2,1-2H3,(H,17,19,20);2-7H,1H3,(H,17,19,20). The molecule has 25 heteroatoms. The van der Waals surface area contributed by atoms with Crippen LogP contribution < -0.4 is 26.6 Å². The molecule has 0 spiro atoms. The maximum Gasteiger partial charge on any atom is 0.227 e. The van der Waals surface area contributed by atoms with E-state index >= 15 is 0 Å². The molecule has 12 aromatic rings. The highest BCUT2D eigenvalue weighted by atomic mass is 35.5. The Balaban J connectivity index is 0.000000139. The van der Waals surface area contributed by atoms with Crippen molar-refractivity contribution in [1.82, 2.24) is 70.0 Å². The Kier molecular flexibility index (Phi) is 24.9. The largest absolute Gasteiger partial charge is 0.390 e. The van der Waals surface area contributed by atoms with E-state index in [1.165, 1.54) is 68.9 Å². The Morgan fingerprint density at radius 1 is 0.463 bits per heavy atom. The number of hydrogen-bond acceptors (Lipinski definition) is 23. The summed E-state index contributed by atoms with van der Waals surface area (Å²) in [6.45, 7) is 21.9. The molecular weight excluding hydrogens is 1310 g/mol. The van der Waals surface area contributed by atoms with Gasteiger partial charge >= 0.3 is 0 Å². The van der Waals surface area contributed by atoms with Gasteiger partial charge in [0.1, 0.15) is 42.8 Å². The SMILES string of the molecule is CCN(CC)CCCNCc1csc(-c2ccnc(Nc3cc(C)cc(C)c3)n2)n1.Cc1cc(C)cc(Nc2nccc(-c3nc(CO)cs3)n2)c1.Cc1cnc(-c2ccnc(Nc3cc(Cl)cc(Cl)c3)n2)s1.Cc1cnc(-c2ccnc(Nc3ccc4c(c3)CCC4)n2)s1. The summed E-state index contributed by atoms with van der Waals surface area (Å²) in [5, 5.41) is 34.0. The Labute approximate surface area is 580 Å². The monoisotopic (exact) mass is 1380 g/mol. The lowest BCUT2D eigenvalue weighted by Gasteiger charge is -2.17. The van der Waals surface area contributed by atoms with Crippen molar-refractivity contribution in [1.29, 1.82) is 0 Å². The number of nitrogens with zero attached hydrogens (tertiary/aromatic N) is 13. The number of hydrogen-bond donors (Lipinski definition) is 6. The zero-order valence-electron chi connectivity index (χ0n) is 54.1. The molecule has 0 unspecified atom stereocenters. The van der Waals surface area contributed by atoms with Crippen molar-refractivity contribution >= 4 is 115 Å². The molecule has 488 valence electrons. The molecule has 0 bridgehead atoms. The fourth-order valence-electron chi connectivity index (χ4n) is 10.2. The van der Waals surface area contributed by atoms with Gasteiger partial charge in [-0.25, -0.2) is 59.8 Å². The summed E-state index contributed by atoms with van der Waals surface area (Å²) >= 11 is 18.3. The van der Waals surface area contributed by atoms with Gasteiger partial charge in [-0.3, -0.25) is 0 Å². The number of aliphatic hydroxyl groups excluding tert-OH is 1. The van der Waals surface area contributed by atoms with E-state index in [1.54, 1.807) is 77.0 Å². The third kappa shape index (κ3) is 20.9. The molecule has 0 atom stereocenters. The lowest BCUT2D eigenvalue weighted by atomic mass is 10.1. The van der Waals surface area contributed by atoms with Crippen LogP contribution in [0.15, 0.2) is 145 Å². The van der Waals surface area contributed by atoms with Crippen LogP contribution in [-0.4, -0.2) is 96.0 Å². The number of rotatable bonds is 21. The van der Waals surface area contributed by atoms with Crippen molar-refractivity contribution in [3.8, 4) is 42.8 Å². The Morgan fingerprint density at radius 3 is 1.34 bits per heavy atom. The number of aryl methyl sites for hydroxylation is 8. The van der Waals surface area contributed by atoms with Crippen molar-refractivity contribution in [3.05, 3.63) is 210 Å². The van der Waals surface area contributed by atoms with Crippen molar-refractivity contribution in [2.24, 2.45) is 0 Å². The summed E-state index contributed by atoms with van der Waals surface area (Å²) in [7, 11) is 0. The van der Waals surface area contributed by atoms with E-state index in [-0.39, 0.29) is 6.61 Å². The molecule has 0 fully saturated rings. The highest BCUT2D eigenvalue weighted by Gasteiger charge is 2.15. The van der Waals surface area contributed by atoms with E-state index in [1.807, 2.05) is 55.9 Å². The second-order valence-electron chi connectivity index (χ2n) is 22.4. The number of halogens is 2. The van der Waals surface area contributed by atoms with Crippen molar-refractivity contribution in [3.63, 3.8) is 0 Å². The number of aliphatic hydroxyl groups is 1. The van der Waals surface area contributed by atoms with E-state index in [0.29, 0.717) is 39.5 Å². The zero-order chi connectivity index (χ0) is 66.6. The molecule has 0 saturated heterocycles. The molecular formula is C70H74Cl2N18OS4. The highest BCUT2D eigenvalue weighted by Crippen LogP contribution is 2.31. The summed E-state index contributed by atoms with van der Waals surface area (Å²) < 4.78 is 0. The first-order chi connectivity index (χ1) is 46.1. The highest BCUT2D eigenvalue weighted by molar-refractivity contribution is 7.15. The first-order valence-corrected chi connectivity index (χ1v) is 35.2. The van der Waals surface area contributed by atoms with E-state index in [4.69, 9.17) is 33.3 Å². The van der Waals surface area contributed by atoms with Crippen molar-refractivity contribution < 1.29 is 5.11 Å². The van der Waals surface area contributed by atoms with Gasteiger partial charge in [0.05, 0.1) is 18.0 Å². The zero-order valence-corrected chi connectivity index (χ0v) is 58.9. The smallest absolute Gasteiger partial charge is 0.227 e. The number of nitrogens with one attached hydrogen (secondary N) is 5. The number of benzene rings is 4. The molecule has 0 aliphatic heterocycles. The van der Waals surface area contributed by atoms with Crippen LogP contribution in [-0.2, 0) is 26.0 Å². The van der Waals surface area contributed by atoms with Gasteiger partial charge in [0.2, 0.25) is 23.8 Å². The molecule has 19 nitrogen and oxygen atoms in total. The van der Waals surface area contributed by atoms with Crippen LogP contribution in [0, 0.1) is 41.5 Å². The molecule has 8 aromatic heterocycles. The van der Waals surface area contributed by atoms with Crippen LogP contribution >= 0.6 is 68.5 Å². The van der Waals surface area contributed by atoms with Gasteiger partial charge in [-0.1, -0.05) is 55.2 Å². The third-order valence-corrected chi connectivity index (χ3v) is 18.6. The van der Waals surface area contributed by atoms with Crippen molar-refractivity contribution in [2.45, 2.75) is 94.2 Å². The van der Waals surface area contributed by atoms with Crippen LogP contribution in [0.25, 0.3) is 42.8 Å². The molecule has 1 aliphatic carbocycles. The second-order valence-corrected chi connectivity index (χ2v) is 27.4. The molecule has 0 radical (unpaired) electrons. The van der Waals surface area contributed by atoms with E-state index < -0.39 is 0 Å². The van der Waals surface area contributed by atoms with Gasteiger partial charge in [0.15, 0.2) is 0 Å². The van der Waals surface area contributed by atoms with Crippen LogP contribution in [0.3, 0.4) is 0 Å². The fourth-order valence-corrected chi connectivity index (χ4v) is 13.7. The van der Waals surface area contributed by atoms with Gasteiger partial charge in [-0.15, -0.1) is 45.3 Å². The molecule has 8 heterocycles. The summed E-state index contributed by atoms with van der Waals surface area (Å²) in [6.07, 6.45) is 15.4. The number of aromatic nitrogens is 12. The maximum absolute atomic E-state index is 9.10.